The van der Waals surface area contributed by atoms with Crippen LogP contribution in [-0.4, -0.2) is 52.3 Å². The summed E-state index contributed by atoms with van der Waals surface area (Å²) >= 11 is 0. The normalized spacial score (nSPS) is 15.1. The molecule has 1 atom stereocenters. The Morgan fingerprint density at radius 3 is 2.81 bits per heavy atom. The number of aliphatic hydroxyl groups is 1. The molecular weight excluding hydrogens is 204 g/mol. The lowest BCUT2D eigenvalue weighted by atomic mass is 10.1. The van der Waals surface area contributed by atoms with E-state index < -0.39 is 5.60 Å². The predicted molar refractivity (Wildman–Crippen MR) is 65.6 cm³/mol. The number of nitrogens with zero attached hydrogens (tertiary/aromatic N) is 3. The summed E-state index contributed by atoms with van der Waals surface area (Å²) in [5.74, 6) is 0.807. The van der Waals surface area contributed by atoms with Crippen molar-refractivity contribution in [3.8, 4) is 0 Å². The van der Waals surface area contributed by atoms with Crippen LogP contribution in [0.1, 0.15) is 13.8 Å². The van der Waals surface area contributed by atoms with Gasteiger partial charge in [0.15, 0.2) is 0 Å². The molecule has 0 bridgehead atoms. The molecule has 0 saturated carbocycles. The van der Waals surface area contributed by atoms with Gasteiger partial charge >= 0.3 is 0 Å². The minimum Gasteiger partial charge on any atom is -0.387 e. The Kier molecular flexibility index (Phi) is 4.32. The number of hydrogen-bond acceptors (Lipinski definition) is 4. The number of imidazole rings is 1. The van der Waals surface area contributed by atoms with Crippen molar-refractivity contribution in [2.75, 3.05) is 32.5 Å². The van der Waals surface area contributed by atoms with Gasteiger partial charge in [-0.3, -0.25) is 0 Å². The van der Waals surface area contributed by atoms with Crippen LogP contribution in [-0.2, 0) is 6.54 Å². The highest BCUT2D eigenvalue weighted by Crippen LogP contribution is 2.08. The molecule has 0 aliphatic carbocycles. The van der Waals surface area contributed by atoms with Gasteiger partial charge in [-0.25, -0.2) is 4.98 Å². The van der Waals surface area contributed by atoms with Crippen molar-refractivity contribution >= 4 is 5.95 Å². The summed E-state index contributed by atoms with van der Waals surface area (Å²) in [5, 5.41) is 13.3. The van der Waals surface area contributed by atoms with E-state index in [4.69, 9.17) is 0 Å². The van der Waals surface area contributed by atoms with Gasteiger partial charge in [-0.1, -0.05) is 0 Å². The number of anilines is 1. The van der Waals surface area contributed by atoms with Gasteiger partial charge in [0.2, 0.25) is 5.95 Å². The standard InChI is InChI=1S/C11H22N4O/c1-5-15-7-6-12-10(15)13-8-11(2,16)9-14(3)4/h6-7,16H,5,8-9H2,1-4H3,(H,12,13). The third kappa shape index (κ3) is 3.83. The molecule has 5 nitrogen and oxygen atoms in total. The van der Waals surface area contributed by atoms with Gasteiger partial charge in [-0.15, -0.1) is 0 Å². The molecule has 0 aliphatic heterocycles. The monoisotopic (exact) mass is 226 g/mol. The number of hydrogen-bond donors (Lipinski definition) is 2. The van der Waals surface area contributed by atoms with Crippen LogP contribution >= 0.6 is 0 Å². The summed E-state index contributed by atoms with van der Waals surface area (Å²) in [6.07, 6.45) is 3.68. The summed E-state index contributed by atoms with van der Waals surface area (Å²) in [6.45, 7) is 5.86. The Bertz CT molecular complexity index is 320. The molecule has 0 spiro atoms. The highest BCUT2D eigenvalue weighted by atomic mass is 16.3. The Morgan fingerprint density at radius 2 is 2.25 bits per heavy atom. The first-order chi connectivity index (χ1) is 7.44. The number of nitrogens with one attached hydrogen (secondary N) is 1. The molecule has 1 aromatic heterocycles. The minimum atomic E-state index is -0.756. The largest absolute Gasteiger partial charge is 0.387 e. The third-order valence-electron chi connectivity index (χ3n) is 2.34. The lowest BCUT2D eigenvalue weighted by molar-refractivity contribution is 0.0458. The number of rotatable bonds is 6. The maximum atomic E-state index is 10.1. The van der Waals surface area contributed by atoms with E-state index in [-0.39, 0.29) is 0 Å². The minimum absolute atomic E-state index is 0.488. The van der Waals surface area contributed by atoms with Crippen LogP contribution < -0.4 is 5.32 Å². The molecule has 0 aliphatic rings. The van der Waals surface area contributed by atoms with E-state index in [1.807, 2.05) is 36.7 Å². The molecule has 16 heavy (non-hydrogen) atoms. The predicted octanol–water partition coefficient (Wildman–Crippen LogP) is 0.627. The van der Waals surface area contributed by atoms with E-state index in [9.17, 15) is 5.11 Å². The average Bonchev–Trinajstić information content (AvgIpc) is 2.59. The van der Waals surface area contributed by atoms with Crippen molar-refractivity contribution in [3.05, 3.63) is 12.4 Å². The van der Waals surface area contributed by atoms with Crippen molar-refractivity contribution < 1.29 is 5.11 Å². The quantitative estimate of drug-likeness (QED) is 0.747. The summed E-state index contributed by atoms with van der Waals surface area (Å²) in [6, 6.07) is 0. The van der Waals surface area contributed by atoms with E-state index >= 15 is 0 Å². The molecule has 0 saturated heterocycles. The second-order valence-electron chi connectivity index (χ2n) is 4.63. The van der Waals surface area contributed by atoms with Gasteiger partial charge in [0.1, 0.15) is 0 Å². The number of aromatic nitrogens is 2. The number of likely N-dealkylation sites (N-methyl/N-ethyl adjacent to an activating group) is 1. The smallest absolute Gasteiger partial charge is 0.202 e. The van der Waals surface area contributed by atoms with Crippen LogP contribution in [0.5, 0.6) is 0 Å². The van der Waals surface area contributed by atoms with E-state index in [2.05, 4.69) is 17.2 Å². The Morgan fingerprint density at radius 1 is 1.56 bits per heavy atom. The summed E-state index contributed by atoms with van der Waals surface area (Å²) in [4.78, 5) is 6.16. The highest BCUT2D eigenvalue weighted by Gasteiger charge is 2.21. The van der Waals surface area contributed by atoms with E-state index in [0.29, 0.717) is 13.1 Å². The van der Waals surface area contributed by atoms with E-state index in [1.165, 1.54) is 0 Å². The molecule has 1 heterocycles. The van der Waals surface area contributed by atoms with Crippen molar-refractivity contribution in [1.29, 1.82) is 0 Å². The fraction of sp³-hybridized carbons (Fsp3) is 0.727. The van der Waals surface area contributed by atoms with Crippen LogP contribution in [0.15, 0.2) is 12.4 Å². The second-order valence-corrected chi connectivity index (χ2v) is 4.63. The fourth-order valence-electron chi connectivity index (χ4n) is 1.74. The average molecular weight is 226 g/mol. The van der Waals surface area contributed by atoms with Gasteiger partial charge in [-0.2, -0.15) is 0 Å². The van der Waals surface area contributed by atoms with Gasteiger partial charge in [0.25, 0.3) is 0 Å². The molecule has 1 aromatic rings. The van der Waals surface area contributed by atoms with Gasteiger partial charge in [0, 0.05) is 32.0 Å². The van der Waals surface area contributed by atoms with E-state index in [1.54, 1.807) is 6.20 Å². The van der Waals surface area contributed by atoms with Gasteiger partial charge in [0.05, 0.1) is 5.60 Å². The van der Waals surface area contributed by atoms with Crippen LogP contribution in [0.4, 0.5) is 5.95 Å². The molecule has 92 valence electrons. The van der Waals surface area contributed by atoms with Crippen LogP contribution in [0, 0.1) is 0 Å². The zero-order valence-electron chi connectivity index (χ0n) is 10.6. The van der Waals surface area contributed by atoms with Crippen molar-refractivity contribution in [2.45, 2.75) is 26.0 Å². The third-order valence-corrected chi connectivity index (χ3v) is 2.34. The number of aryl methyl sites for hydroxylation is 1. The second kappa shape index (κ2) is 5.32. The van der Waals surface area contributed by atoms with Gasteiger partial charge in [-0.05, 0) is 27.9 Å². The molecule has 5 heteroatoms. The Balaban J connectivity index is 2.50. The molecule has 0 fully saturated rings. The molecule has 0 radical (unpaired) electrons. The van der Waals surface area contributed by atoms with Crippen molar-refractivity contribution in [2.24, 2.45) is 0 Å². The van der Waals surface area contributed by atoms with Crippen LogP contribution in [0.2, 0.25) is 0 Å². The topological polar surface area (TPSA) is 53.3 Å². The molecule has 1 rings (SSSR count). The molecule has 0 aromatic carbocycles. The van der Waals surface area contributed by atoms with Crippen molar-refractivity contribution in [3.63, 3.8) is 0 Å². The SMILES string of the molecule is CCn1ccnc1NCC(C)(O)CN(C)C. The Hall–Kier alpha value is -1.07. The van der Waals surface area contributed by atoms with Gasteiger partial charge < -0.3 is 19.9 Å². The molecular formula is C11H22N4O. The lowest BCUT2D eigenvalue weighted by Crippen LogP contribution is -2.43. The molecule has 1 unspecified atom stereocenters. The fourth-order valence-corrected chi connectivity index (χ4v) is 1.74. The van der Waals surface area contributed by atoms with Crippen LogP contribution in [0.3, 0.4) is 0 Å². The summed E-state index contributed by atoms with van der Waals surface area (Å²) in [5.41, 5.74) is -0.756. The first-order valence-corrected chi connectivity index (χ1v) is 5.57. The summed E-state index contributed by atoms with van der Waals surface area (Å²) in [7, 11) is 3.89. The zero-order valence-corrected chi connectivity index (χ0v) is 10.6. The first-order valence-electron chi connectivity index (χ1n) is 5.57. The highest BCUT2D eigenvalue weighted by molar-refractivity contribution is 5.26. The first kappa shape index (κ1) is 13.0. The maximum Gasteiger partial charge on any atom is 0.202 e. The molecule has 0 amide bonds. The van der Waals surface area contributed by atoms with Crippen molar-refractivity contribution in [1.82, 2.24) is 14.5 Å². The zero-order chi connectivity index (χ0) is 12.2. The summed E-state index contributed by atoms with van der Waals surface area (Å²) < 4.78 is 2.01. The van der Waals surface area contributed by atoms with E-state index in [0.717, 1.165) is 12.5 Å². The maximum absolute atomic E-state index is 10.1. The lowest BCUT2D eigenvalue weighted by Gasteiger charge is -2.27. The van der Waals surface area contributed by atoms with Crippen LogP contribution in [0.25, 0.3) is 0 Å². The molecule has 2 N–H and O–H groups in total. The Labute approximate surface area is 97.1 Å².